The van der Waals surface area contributed by atoms with Crippen LogP contribution in [-0.4, -0.2) is 16.1 Å². The quantitative estimate of drug-likeness (QED) is 0.931. The molecule has 0 aliphatic rings. The average Bonchev–Trinajstić information content (AvgIpc) is 2.70. The number of carbonyl (C=O) groups is 1. The Balaban J connectivity index is 2.22. The molecule has 0 aliphatic heterocycles. The van der Waals surface area contributed by atoms with Crippen molar-refractivity contribution in [1.82, 2.24) is 4.98 Å². The molecule has 1 heterocycles. The summed E-state index contributed by atoms with van der Waals surface area (Å²) in [5.74, 6) is -0.834. The predicted octanol–water partition coefficient (Wildman–Crippen LogP) is 3.29. The van der Waals surface area contributed by atoms with Crippen molar-refractivity contribution in [2.24, 2.45) is 0 Å². The Morgan fingerprint density at radius 1 is 1.26 bits per heavy atom. The number of thiazole rings is 1. The first-order chi connectivity index (χ1) is 8.95. The molecule has 0 aliphatic carbocycles. The summed E-state index contributed by atoms with van der Waals surface area (Å²) in [5.41, 5.74) is 5.75. The van der Waals surface area contributed by atoms with Gasteiger partial charge in [-0.1, -0.05) is 17.7 Å². The first-order valence-electron chi connectivity index (χ1n) is 6.17. The highest BCUT2D eigenvalue weighted by Gasteiger charge is 2.10. The zero-order valence-electron chi connectivity index (χ0n) is 11.4. The fourth-order valence-electron chi connectivity index (χ4n) is 2.31. The van der Waals surface area contributed by atoms with Crippen LogP contribution in [0.3, 0.4) is 0 Å². The molecule has 19 heavy (non-hydrogen) atoms. The standard InChI is InChI=1S/C15H17NO2S/c1-9-4-10(2)13(11(3)5-9)7-14-16-12(8-19-14)6-15(17)18/h4-5,8H,6-7H2,1-3H3,(H,17,18). The Morgan fingerprint density at radius 3 is 2.47 bits per heavy atom. The molecule has 0 bridgehead atoms. The van der Waals surface area contributed by atoms with Gasteiger partial charge in [0.25, 0.3) is 0 Å². The number of benzene rings is 1. The Morgan fingerprint density at radius 2 is 1.89 bits per heavy atom. The summed E-state index contributed by atoms with van der Waals surface area (Å²) in [4.78, 5) is 15.0. The molecule has 0 saturated carbocycles. The summed E-state index contributed by atoms with van der Waals surface area (Å²) < 4.78 is 0. The number of aromatic nitrogens is 1. The molecule has 0 fully saturated rings. The van der Waals surface area contributed by atoms with Gasteiger partial charge in [0.05, 0.1) is 17.1 Å². The van der Waals surface area contributed by atoms with Gasteiger partial charge in [0.1, 0.15) is 0 Å². The van der Waals surface area contributed by atoms with E-state index in [0.717, 1.165) is 11.4 Å². The van der Waals surface area contributed by atoms with Gasteiger partial charge in [-0.25, -0.2) is 4.98 Å². The minimum Gasteiger partial charge on any atom is -0.481 e. The molecule has 1 aromatic carbocycles. The van der Waals surface area contributed by atoms with E-state index in [0.29, 0.717) is 5.69 Å². The number of carboxylic acids is 1. The highest BCUT2D eigenvalue weighted by molar-refractivity contribution is 7.09. The van der Waals surface area contributed by atoms with E-state index in [1.54, 1.807) is 0 Å². The monoisotopic (exact) mass is 275 g/mol. The normalized spacial score (nSPS) is 10.7. The number of nitrogens with zero attached hydrogens (tertiary/aromatic N) is 1. The lowest BCUT2D eigenvalue weighted by Crippen LogP contribution is -2.01. The van der Waals surface area contributed by atoms with E-state index in [-0.39, 0.29) is 6.42 Å². The van der Waals surface area contributed by atoms with Gasteiger partial charge < -0.3 is 5.11 Å². The number of hydrogen-bond acceptors (Lipinski definition) is 3. The van der Waals surface area contributed by atoms with E-state index in [4.69, 9.17) is 5.11 Å². The average molecular weight is 275 g/mol. The Kier molecular flexibility index (Phi) is 4.00. The maximum absolute atomic E-state index is 10.6. The summed E-state index contributed by atoms with van der Waals surface area (Å²) in [6.07, 6.45) is 0.782. The lowest BCUT2D eigenvalue weighted by atomic mass is 9.98. The maximum Gasteiger partial charge on any atom is 0.309 e. The molecule has 2 aromatic rings. The molecule has 100 valence electrons. The van der Waals surface area contributed by atoms with Crippen molar-refractivity contribution in [3.8, 4) is 0 Å². The van der Waals surface area contributed by atoms with Gasteiger partial charge in [0.2, 0.25) is 0 Å². The molecule has 1 N–H and O–H groups in total. The van der Waals surface area contributed by atoms with Crippen LogP contribution in [0.15, 0.2) is 17.5 Å². The van der Waals surface area contributed by atoms with Crippen LogP contribution >= 0.6 is 11.3 Å². The van der Waals surface area contributed by atoms with Gasteiger partial charge in [0.15, 0.2) is 0 Å². The van der Waals surface area contributed by atoms with Gasteiger partial charge in [-0.3, -0.25) is 4.79 Å². The van der Waals surface area contributed by atoms with Crippen molar-refractivity contribution >= 4 is 17.3 Å². The van der Waals surface area contributed by atoms with E-state index in [1.807, 2.05) is 5.38 Å². The molecule has 1 aromatic heterocycles. The molecule has 0 spiro atoms. The number of rotatable bonds is 4. The van der Waals surface area contributed by atoms with Crippen molar-refractivity contribution in [2.75, 3.05) is 0 Å². The molecule has 0 unspecified atom stereocenters. The van der Waals surface area contributed by atoms with Crippen LogP contribution in [0.25, 0.3) is 0 Å². The molecule has 0 amide bonds. The van der Waals surface area contributed by atoms with Crippen molar-refractivity contribution in [1.29, 1.82) is 0 Å². The molecule has 0 atom stereocenters. The second-order valence-electron chi connectivity index (χ2n) is 4.86. The fraction of sp³-hybridized carbons (Fsp3) is 0.333. The van der Waals surface area contributed by atoms with Crippen LogP contribution < -0.4 is 0 Å². The Bertz CT molecular complexity index is 593. The van der Waals surface area contributed by atoms with Crippen LogP contribution in [0.1, 0.15) is 33.0 Å². The summed E-state index contributed by atoms with van der Waals surface area (Å²) in [7, 11) is 0. The number of aryl methyl sites for hydroxylation is 3. The highest BCUT2D eigenvalue weighted by Crippen LogP contribution is 2.22. The molecule has 3 nitrogen and oxygen atoms in total. The van der Waals surface area contributed by atoms with Gasteiger partial charge in [-0.15, -0.1) is 11.3 Å². The van der Waals surface area contributed by atoms with Crippen molar-refractivity contribution in [3.05, 3.63) is 50.5 Å². The second-order valence-corrected chi connectivity index (χ2v) is 5.80. The number of hydrogen-bond donors (Lipinski definition) is 1. The largest absolute Gasteiger partial charge is 0.481 e. The number of carboxylic acid groups (broad SMARTS) is 1. The van der Waals surface area contributed by atoms with Crippen LogP contribution in [0.4, 0.5) is 0 Å². The third-order valence-electron chi connectivity index (χ3n) is 3.10. The smallest absolute Gasteiger partial charge is 0.309 e. The molecule has 0 radical (unpaired) electrons. The van der Waals surface area contributed by atoms with E-state index in [1.165, 1.54) is 33.6 Å². The van der Waals surface area contributed by atoms with Gasteiger partial charge in [-0.2, -0.15) is 0 Å². The second kappa shape index (κ2) is 5.53. The van der Waals surface area contributed by atoms with Crippen molar-refractivity contribution < 1.29 is 9.90 Å². The van der Waals surface area contributed by atoms with Crippen LogP contribution in [0.2, 0.25) is 0 Å². The van der Waals surface area contributed by atoms with Crippen molar-refractivity contribution in [3.63, 3.8) is 0 Å². The van der Waals surface area contributed by atoms with E-state index < -0.39 is 5.97 Å². The maximum atomic E-state index is 10.6. The summed E-state index contributed by atoms with van der Waals surface area (Å²) in [6, 6.07) is 4.35. The van der Waals surface area contributed by atoms with Gasteiger partial charge in [0, 0.05) is 11.8 Å². The summed E-state index contributed by atoms with van der Waals surface area (Å²) in [6.45, 7) is 6.32. The third kappa shape index (κ3) is 3.41. The number of aliphatic carboxylic acids is 1. The lowest BCUT2D eigenvalue weighted by Gasteiger charge is -2.09. The summed E-state index contributed by atoms with van der Waals surface area (Å²) >= 11 is 1.53. The summed E-state index contributed by atoms with van der Waals surface area (Å²) in [5, 5.41) is 11.6. The minimum atomic E-state index is -0.834. The molecule has 2 rings (SSSR count). The van der Waals surface area contributed by atoms with E-state index in [9.17, 15) is 4.79 Å². The molecular weight excluding hydrogens is 258 g/mol. The van der Waals surface area contributed by atoms with E-state index in [2.05, 4.69) is 37.9 Å². The molecule has 4 heteroatoms. The van der Waals surface area contributed by atoms with Crippen molar-refractivity contribution in [2.45, 2.75) is 33.6 Å². The zero-order chi connectivity index (χ0) is 14.0. The first kappa shape index (κ1) is 13.7. The molecule has 0 saturated heterocycles. The van der Waals surface area contributed by atoms with Crippen LogP contribution in [0.5, 0.6) is 0 Å². The minimum absolute atomic E-state index is 0.00234. The highest BCUT2D eigenvalue weighted by atomic mass is 32.1. The van der Waals surface area contributed by atoms with Gasteiger partial charge in [-0.05, 0) is 37.5 Å². The van der Waals surface area contributed by atoms with Crippen LogP contribution in [-0.2, 0) is 17.6 Å². The zero-order valence-corrected chi connectivity index (χ0v) is 12.2. The lowest BCUT2D eigenvalue weighted by molar-refractivity contribution is -0.136. The first-order valence-corrected chi connectivity index (χ1v) is 7.05. The van der Waals surface area contributed by atoms with Gasteiger partial charge >= 0.3 is 5.97 Å². The Labute approximate surface area is 116 Å². The Hall–Kier alpha value is -1.68. The van der Waals surface area contributed by atoms with Crippen LogP contribution in [0, 0.1) is 20.8 Å². The SMILES string of the molecule is Cc1cc(C)c(Cc2nc(CC(=O)O)cs2)c(C)c1. The topological polar surface area (TPSA) is 50.2 Å². The fourth-order valence-corrected chi connectivity index (χ4v) is 3.11. The van der Waals surface area contributed by atoms with E-state index >= 15 is 0 Å². The third-order valence-corrected chi connectivity index (χ3v) is 4.00. The predicted molar refractivity (Wildman–Crippen MR) is 76.9 cm³/mol. The molecular formula is C15H17NO2S.